The molecule has 0 radical (unpaired) electrons. The maximum atomic E-state index is 13.8. The van der Waals surface area contributed by atoms with Crippen molar-refractivity contribution in [3.8, 4) is 0 Å². The predicted octanol–water partition coefficient (Wildman–Crippen LogP) is 10.1. The van der Waals surface area contributed by atoms with E-state index in [-0.39, 0.29) is 59.4 Å². The van der Waals surface area contributed by atoms with E-state index in [4.69, 9.17) is 11.6 Å². The van der Waals surface area contributed by atoms with Crippen molar-refractivity contribution in [1.29, 1.82) is 0 Å². The molecule has 2 atom stereocenters. The van der Waals surface area contributed by atoms with Gasteiger partial charge < -0.3 is 39.5 Å². The van der Waals surface area contributed by atoms with Crippen LogP contribution in [0.1, 0.15) is 52.9 Å². The third-order valence-electron chi connectivity index (χ3n) is 13.3. The van der Waals surface area contributed by atoms with Gasteiger partial charge in [-0.15, -0.1) is 0 Å². The molecular formula is C58H71ClFN9O14S3. The smallest absolute Gasteiger partial charge is 0.420 e. The summed E-state index contributed by atoms with van der Waals surface area (Å²) in [6.07, 6.45) is 3.33. The summed E-state index contributed by atoms with van der Waals surface area (Å²) in [6, 6.07) is 35.2. The number of hydrogen-bond donors (Lipinski definition) is 6. The molecule has 0 spiro atoms. The molecule has 6 aromatic carbocycles. The molecule has 9 rings (SSSR count). The fourth-order valence-electron chi connectivity index (χ4n) is 8.97. The van der Waals surface area contributed by atoms with Gasteiger partial charge in [0, 0.05) is 78.5 Å². The fraction of sp³-hybridized carbons (Fsp3) is 0.207. The average molecular weight is 1270 g/mol. The Labute approximate surface area is 508 Å². The van der Waals surface area contributed by atoms with Crippen molar-refractivity contribution in [3.63, 3.8) is 0 Å². The second-order valence-electron chi connectivity index (χ2n) is 19.2. The Morgan fingerprint density at radius 3 is 1.66 bits per heavy atom. The highest BCUT2D eigenvalue weighted by Crippen LogP contribution is 2.30. The maximum absolute atomic E-state index is 13.8. The van der Waals surface area contributed by atoms with E-state index in [2.05, 4.69) is 36.4 Å². The van der Waals surface area contributed by atoms with E-state index in [1.807, 2.05) is 59.7 Å². The van der Waals surface area contributed by atoms with Crippen LogP contribution in [-0.2, 0) is 71.7 Å². The first-order valence-corrected chi connectivity index (χ1v) is 30.8. The molecule has 464 valence electrons. The summed E-state index contributed by atoms with van der Waals surface area (Å²) < 4.78 is 103. The molecule has 86 heavy (non-hydrogen) atoms. The van der Waals surface area contributed by atoms with E-state index in [1.54, 1.807) is 51.4 Å². The molecule has 8 aromatic rings. The van der Waals surface area contributed by atoms with Crippen molar-refractivity contribution in [1.82, 2.24) is 23.3 Å². The van der Waals surface area contributed by atoms with Crippen LogP contribution >= 0.6 is 11.6 Å². The lowest BCUT2D eigenvalue weighted by Gasteiger charge is -2.35. The standard InChI is InChI=1S/C20H23N3O5S.C19H18ClN3O5S.C19H18FN3O4S.6H2/c1-14(23-13-5-7-15-6-3-4-8-18(15)23)19(24)21-16-9-11-17(12-10-16)29(26,27)22-20(25)28-2;1-12-10-23(17-8-3-13(20)9-16(12)17)11-18(24)21-14-4-6-15(7-5-14)29(26,27)22-19(25)28-2;1-12(23-11-10-16-17(20)4-3-5-18(16)23)19(25)21-14-6-8-15(9-7-14)28(26,27)22-13(2)24;;;;;;/h3-4,6,8-12,14H,5,7,13H2,1-2H3,(H,21,24)(H,22,25);3-10H,11H2,1-2H3,(H,21,24)(H,22,25);3-12H,1-2H3,(H,21,25)(H,22,24);6*1H/t14-;;12-;;;;;;/m0.1....../s1. The summed E-state index contributed by atoms with van der Waals surface area (Å²) in [6.45, 7) is 7.43. The Balaban J connectivity index is 0.000000668. The number of carbonyl (C=O) groups excluding carboxylic acids is 6. The Hall–Kier alpha value is -9.31. The molecular weight excluding hydrogens is 1200 g/mol. The van der Waals surface area contributed by atoms with Gasteiger partial charge >= 0.3 is 12.2 Å². The Kier molecular flexibility index (Phi) is 20.6. The van der Waals surface area contributed by atoms with Gasteiger partial charge in [0.25, 0.3) is 30.1 Å². The quantitative estimate of drug-likeness (QED) is 0.0556. The van der Waals surface area contributed by atoms with E-state index in [9.17, 15) is 58.4 Å². The second-order valence-corrected chi connectivity index (χ2v) is 24.7. The zero-order valence-electron chi connectivity index (χ0n) is 47.0. The van der Waals surface area contributed by atoms with Gasteiger partial charge in [0.05, 0.1) is 34.4 Å². The molecule has 0 aliphatic carbocycles. The fourth-order valence-corrected chi connectivity index (χ4v) is 12.0. The third kappa shape index (κ3) is 16.1. The number of nitrogens with zero attached hydrogens (tertiary/aromatic N) is 3. The highest BCUT2D eigenvalue weighted by molar-refractivity contribution is 7.90. The maximum Gasteiger partial charge on any atom is 0.420 e. The Bertz CT molecular complexity index is 4230. The SMILES string of the molecule is CC(=O)NS(=O)(=O)c1ccc(NC(=O)[C@@H](C)n2ccc3c(F)cccc32)cc1.COC(=O)NS(=O)(=O)c1ccc(NC(=O)Cn2cc(C)c3cc(Cl)ccc32)cc1.COC(=O)NS(=O)(=O)c1ccc(NC(=O)[C@H](C)N2CCCc3ccccc32)cc1.[HH].[HH].[HH].[HH].[HH].[HH]. The van der Waals surface area contributed by atoms with Crippen LogP contribution in [0.4, 0.5) is 36.7 Å². The molecule has 1 aliphatic rings. The second kappa shape index (κ2) is 27.6. The summed E-state index contributed by atoms with van der Waals surface area (Å²) >= 11 is 6.03. The van der Waals surface area contributed by atoms with Gasteiger partial charge in [-0.1, -0.05) is 35.9 Å². The van der Waals surface area contributed by atoms with Crippen molar-refractivity contribution in [3.05, 3.63) is 174 Å². The zero-order chi connectivity index (χ0) is 62.7. The normalized spacial score (nSPS) is 12.8. The van der Waals surface area contributed by atoms with Gasteiger partial charge in [-0.3, -0.25) is 19.2 Å². The summed E-state index contributed by atoms with van der Waals surface area (Å²) in [5, 5.41) is 10.2. The topological polar surface area (TPSA) is 309 Å². The van der Waals surface area contributed by atoms with Crippen molar-refractivity contribution in [2.45, 2.75) is 73.9 Å². The predicted molar refractivity (Wildman–Crippen MR) is 334 cm³/mol. The molecule has 28 heteroatoms. The van der Waals surface area contributed by atoms with Crippen LogP contribution in [0, 0.1) is 12.7 Å². The molecule has 0 saturated heterocycles. The molecule has 6 amide bonds. The molecule has 0 bridgehead atoms. The number of fused-ring (bicyclic) bond motifs is 3. The van der Waals surface area contributed by atoms with Crippen molar-refractivity contribution < 1.29 is 76.4 Å². The number of benzene rings is 6. The summed E-state index contributed by atoms with van der Waals surface area (Å²) in [4.78, 5) is 72.7. The molecule has 0 fully saturated rings. The van der Waals surface area contributed by atoms with Gasteiger partial charge in [0.1, 0.15) is 24.4 Å². The third-order valence-corrected chi connectivity index (χ3v) is 17.6. The molecule has 0 unspecified atom stereocenters. The van der Waals surface area contributed by atoms with E-state index in [0.29, 0.717) is 33.0 Å². The number of anilines is 4. The number of sulfonamides is 3. The van der Waals surface area contributed by atoms with Crippen LogP contribution in [-0.4, -0.2) is 97.0 Å². The number of nitrogens with one attached hydrogen (secondary N) is 6. The molecule has 1 aliphatic heterocycles. The lowest BCUT2D eigenvalue weighted by Crippen LogP contribution is -2.44. The first-order valence-electron chi connectivity index (χ1n) is 26.0. The lowest BCUT2D eigenvalue weighted by molar-refractivity contribution is -0.119. The van der Waals surface area contributed by atoms with Crippen molar-refractivity contribution in [2.75, 3.05) is 41.6 Å². The molecule has 3 heterocycles. The highest BCUT2D eigenvalue weighted by Gasteiger charge is 2.27. The zero-order valence-corrected chi connectivity index (χ0v) is 50.2. The molecule has 2 aromatic heterocycles. The Morgan fingerprint density at radius 1 is 0.616 bits per heavy atom. The van der Waals surface area contributed by atoms with Gasteiger partial charge in [-0.05, 0) is 160 Å². The van der Waals surface area contributed by atoms with Crippen molar-refractivity contribution >= 4 is 122 Å². The van der Waals surface area contributed by atoms with E-state index >= 15 is 0 Å². The number of para-hydroxylation sites is 1. The number of carbonyl (C=O) groups is 6. The lowest BCUT2D eigenvalue weighted by atomic mass is 10.00. The van der Waals surface area contributed by atoms with Gasteiger partial charge in [0.2, 0.25) is 23.6 Å². The number of aromatic nitrogens is 2. The van der Waals surface area contributed by atoms with Gasteiger partial charge in [-0.25, -0.2) is 53.4 Å². The van der Waals surface area contributed by atoms with Gasteiger partial charge in [0.15, 0.2) is 0 Å². The van der Waals surface area contributed by atoms with Crippen LogP contribution in [0.5, 0.6) is 0 Å². The molecule has 0 saturated carbocycles. The van der Waals surface area contributed by atoms with Crippen LogP contribution in [0.3, 0.4) is 0 Å². The van der Waals surface area contributed by atoms with Crippen LogP contribution in [0.2, 0.25) is 5.02 Å². The molecule has 23 nitrogen and oxygen atoms in total. The summed E-state index contributed by atoms with van der Waals surface area (Å²) in [5.41, 5.74) is 6.05. The minimum atomic E-state index is -4.04. The number of hydrogen-bond acceptors (Lipinski definition) is 15. The first kappa shape index (κ1) is 64.3. The first-order chi connectivity index (χ1) is 40.7. The summed E-state index contributed by atoms with van der Waals surface area (Å²) in [7, 11) is -9.87. The van der Waals surface area contributed by atoms with Crippen LogP contribution in [0.15, 0.2) is 167 Å². The average Bonchev–Trinajstić information content (AvgIpc) is 1.61. The highest BCUT2D eigenvalue weighted by atomic mass is 35.5. The Morgan fingerprint density at radius 2 is 1.13 bits per heavy atom. The molecule has 6 N–H and O–H groups in total. The number of aryl methyl sites for hydroxylation is 2. The number of amides is 6. The van der Waals surface area contributed by atoms with E-state index in [1.165, 1.54) is 84.4 Å². The minimum absolute atomic E-state index is 0. The number of methoxy groups -OCH3 is 2. The van der Waals surface area contributed by atoms with E-state index in [0.717, 1.165) is 62.7 Å². The number of rotatable bonds is 15. The summed E-state index contributed by atoms with van der Waals surface area (Å²) in [5.74, 6) is -1.87. The monoisotopic (exact) mass is 1270 g/mol. The van der Waals surface area contributed by atoms with Gasteiger partial charge in [-0.2, -0.15) is 0 Å². The minimum Gasteiger partial charge on any atom is -0.452 e. The van der Waals surface area contributed by atoms with Crippen LogP contribution in [0.25, 0.3) is 21.8 Å². The number of ether oxygens (including phenoxy) is 2. The van der Waals surface area contributed by atoms with E-state index < -0.39 is 54.2 Å². The largest absolute Gasteiger partial charge is 0.452 e. The van der Waals surface area contributed by atoms with Crippen molar-refractivity contribution in [2.24, 2.45) is 0 Å². The van der Waals surface area contributed by atoms with Crippen LogP contribution < -0.4 is 35.0 Å². The number of halogens is 2.